The summed E-state index contributed by atoms with van der Waals surface area (Å²) < 4.78 is 1.60. The summed E-state index contributed by atoms with van der Waals surface area (Å²) in [4.78, 5) is 3.86. The lowest BCUT2D eigenvalue weighted by atomic mass is 10.3. The van der Waals surface area contributed by atoms with E-state index in [-0.39, 0.29) is 0 Å². The van der Waals surface area contributed by atoms with Gasteiger partial charge in [-0.3, -0.25) is 0 Å². The van der Waals surface area contributed by atoms with Gasteiger partial charge < -0.3 is 5.73 Å². The number of rotatable bonds is 1. The maximum Gasteiger partial charge on any atom is 0.142 e. The number of aromatic nitrogens is 3. The smallest absolute Gasteiger partial charge is 0.142 e. The molecule has 5 nitrogen and oxygen atoms in total. The van der Waals surface area contributed by atoms with E-state index in [4.69, 9.17) is 11.0 Å². The minimum atomic E-state index is 0.358. The van der Waals surface area contributed by atoms with Crippen molar-refractivity contribution in [2.24, 2.45) is 0 Å². The molecule has 0 amide bonds. The van der Waals surface area contributed by atoms with Gasteiger partial charge in [-0.15, -0.1) is 0 Å². The lowest BCUT2D eigenvalue weighted by Gasteiger charge is -1.99. The average molecular weight is 185 g/mol. The summed E-state index contributed by atoms with van der Waals surface area (Å²) in [5, 5.41) is 12.7. The Hall–Kier alpha value is -2.35. The van der Waals surface area contributed by atoms with Crippen LogP contribution in [0.4, 0.5) is 5.69 Å². The van der Waals surface area contributed by atoms with Gasteiger partial charge in [-0.05, 0) is 6.07 Å². The van der Waals surface area contributed by atoms with Crippen molar-refractivity contribution in [2.45, 2.75) is 0 Å². The summed E-state index contributed by atoms with van der Waals surface area (Å²) in [6.45, 7) is 0. The number of pyridine rings is 1. The molecule has 68 valence electrons. The van der Waals surface area contributed by atoms with E-state index in [1.807, 2.05) is 6.07 Å². The van der Waals surface area contributed by atoms with Gasteiger partial charge in [0.1, 0.15) is 11.8 Å². The zero-order chi connectivity index (χ0) is 9.97. The third-order valence-electron chi connectivity index (χ3n) is 1.73. The third-order valence-corrected chi connectivity index (χ3v) is 1.73. The summed E-state index contributed by atoms with van der Waals surface area (Å²) in [6.07, 6.45) is 4.79. The number of nitrogens with two attached hydrogens (primary N) is 1. The van der Waals surface area contributed by atoms with Crippen LogP contribution < -0.4 is 5.73 Å². The number of anilines is 1. The molecule has 0 saturated carbocycles. The molecule has 0 aromatic carbocycles. The lowest BCUT2D eigenvalue weighted by molar-refractivity contribution is 0.876. The topological polar surface area (TPSA) is 80.5 Å². The van der Waals surface area contributed by atoms with Crippen molar-refractivity contribution in [3.05, 3.63) is 36.4 Å². The number of nitrogens with zero attached hydrogens (tertiary/aromatic N) is 4. The van der Waals surface area contributed by atoms with Crippen LogP contribution in [0.5, 0.6) is 0 Å². The molecule has 0 fully saturated rings. The van der Waals surface area contributed by atoms with E-state index in [0.717, 1.165) is 5.69 Å². The van der Waals surface area contributed by atoms with Crippen LogP contribution in [-0.4, -0.2) is 14.8 Å². The second kappa shape index (κ2) is 3.18. The fraction of sp³-hybridized carbons (Fsp3) is 0. The molecule has 0 aliphatic heterocycles. The van der Waals surface area contributed by atoms with Crippen LogP contribution in [0.15, 0.2) is 30.7 Å². The Labute approximate surface area is 80.4 Å². The van der Waals surface area contributed by atoms with Gasteiger partial charge in [0.2, 0.25) is 0 Å². The zero-order valence-corrected chi connectivity index (χ0v) is 7.25. The molecule has 0 aliphatic carbocycles. The maximum absolute atomic E-state index is 8.65. The molecule has 14 heavy (non-hydrogen) atoms. The Morgan fingerprint density at radius 1 is 1.50 bits per heavy atom. The standard InChI is InChI=1S/C9H7N5/c10-4-8-3-9(1-2-12-8)14-6-7(11)5-13-14/h1-3,5-6H,11H2. The van der Waals surface area contributed by atoms with Gasteiger partial charge >= 0.3 is 0 Å². The highest BCUT2D eigenvalue weighted by Gasteiger charge is 1.99. The Balaban J connectivity index is 2.47. The molecule has 2 heterocycles. The molecule has 0 saturated heterocycles. The monoisotopic (exact) mass is 185 g/mol. The van der Waals surface area contributed by atoms with Crippen molar-refractivity contribution in [2.75, 3.05) is 5.73 Å². The van der Waals surface area contributed by atoms with Crippen LogP contribution in [0.1, 0.15) is 5.69 Å². The van der Waals surface area contributed by atoms with Crippen molar-refractivity contribution in [3.63, 3.8) is 0 Å². The number of nitriles is 1. The summed E-state index contributed by atoms with van der Waals surface area (Å²) in [5.41, 5.74) is 7.24. The molecule has 0 unspecified atom stereocenters. The minimum absolute atomic E-state index is 0.358. The first-order chi connectivity index (χ1) is 6.79. The molecule has 0 bridgehead atoms. The van der Waals surface area contributed by atoms with Crippen molar-refractivity contribution in [3.8, 4) is 11.8 Å². The van der Waals surface area contributed by atoms with Gasteiger partial charge in [-0.2, -0.15) is 10.4 Å². The van der Waals surface area contributed by atoms with E-state index in [2.05, 4.69) is 10.1 Å². The predicted molar refractivity (Wildman–Crippen MR) is 50.5 cm³/mol. The van der Waals surface area contributed by atoms with E-state index >= 15 is 0 Å². The zero-order valence-electron chi connectivity index (χ0n) is 7.25. The molecule has 0 aliphatic rings. The highest BCUT2D eigenvalue weighted by Crippen LogP contribution is 2.09. The van der Waals surface area contributed by atoms with Gasteiger partial charge in [-0.1, -0.05) is 0 Å². The van der Waals surface area contributed by atoms with Gasteiger partial charge in [0, 0.05) is 12.3 Å². The molecule has 2 rings (SSSR count). The third kappa shape index (κ3) is 1.41. The van der Waals surface area contributed by atoms with E-state index in [0.29, 0.717) is 11.4 Å². The first-order valence-electron chi connectivity index (χ1n) is 3.96. The maximum atomic E-state index is 8.65. The quantitative estimate of drug-likeness (QED) is 0.709. The van der Waals surface area contributed by atoms with E-state index in [1.54, 1.807) is 35.4 Å². The van der Waals surface area contributed by atoms with Gasteiger partial charge in [0.15, 0.2) is 0 Å². The predicted octanol–water partition coefficient (Wildman–Crippen LogP) is 0.721. The number of hydrogen-bond acceptors (Lipinski definition) is 4. The van der Waals surface area contributed by atoms with E-state index in [1.165, 1.54) is 0 Å². The SMILES string of the molecule is N#Cc1cc(-n2cc(N)cn2)ccn1. The summed E-state index contributed by atoms with van der Waals surface area (Å²) >= 11 is 0. The average Bonchev–Trinajstić information content (AvgIpc) is 2.65. The van der Waals surface area contributed by atoms with E-state index < -0.39 is 0 Å². The molecule has 5 heteroatoms. The molecular weight excluding hydrogens is 178 g/mol. The van der Waals surface area contributed by atoms with Gasteiger partial charge in [0.25, 0.3) is 0 Å². The van der Waals surface area contributed by atoms with Crippen LogP contribution in [0.25, 0.3) is 5.69 Å². The van der Waals surface area contributed by atoms with Crippen molar-refractivity contribution >= 4 is 5.69 Å². The first kappa shape index (κ1) is 8.26. The minimum Gasteiger partial charge on any atom is -0.396 e. The second-order valence-corrected chi connectivity index (χ2v) is 2.73. The van der Waals surface area contributed by atoms with Crippen molar-refractivity contribution in [1.29, 1.82) is 5.26 Å². The summed E-state index contributed by atoms with van der Waals surface area (Å²) in [5.74, 6) is 0. The van der Waals surface area contributed by atoms with Crippen molar-refractivity contribution in [1.82, 2.24) is 14.8 Å². The molecule has 2 N–H and O–H groups in total. The molecular formula is C9H7N5. The van der Waals surface area contributed by atoms with Crippen LogP contribution in [0.2, 0.25) is 0 Å². The molecule has 2 aromatic rings. The largest absolute Gasteiger partial charge is 0.396 e. The van der Waals surface area contributed by atoms with Crippen LogP contribution in [0, 0.1) is 11.3 Å². The van der Waals surface area contributed by atoms with Crippen LogP contribution >= 0.6 is 0 Å². The Kier molecular flexibility index (Phi) is 1.88. The molecule has 2 aromatic heterocycles. The van der Waals surface area contributed by atoms with Gasteiger partial charge in [0.05, 0.1) is 23.8 Å². The summed E-state index contributed by atoms with van der Waals surface area (Å²) in [6, 6.07) is 5.36. The molecule has 0 spiro atoms. The summed E-state index contributed by atoms with van der Waals surface area (Å²) in [7, 11) is 0. The first-order valence-corrected chi connectivity index (χ1v) is 3.96. The molecule has 0 radical (unpaired) electrons. The van der Waals surface area contributed by atoms with Crippen LogP contribution in [0.3, 0.4) is 0 Å². The molecule has 0 atom stereocenters. The van der Waals surface area contributed by atoms with Crippen molar-refractivity contribution < 1.29 is 0 Å². The Morgan fingerprint density at radius 3 is 3.00 bits per heavy atom. The van der Waals surface area contributed by atoms with E-state index in [9.17, 15) is 0 Å². The highest BCUT2D eigenvalue weighted by molar-refractivity contribution is 5.40. The normalized spacial score (nSPS) is 9.64. The highest BCUT2D eigenvalue weighted by atomic mass is 15.3. The lowest BCUT2D eigenvalue weighted by Crippen LogP contribution is -1.95. The number of hydrogen-bond donors (Lipinski definition) is 1. The fourth-order valence-corrected chi connectivity index (χ4v) is 1.10. The number of nitrogen functional groups attached to an aromatic ring is 1. The van der Waals surface area contributed by atoms with Crippen LogP contribution in [-0.2, 0) is 0 Å². The second-order valence-electron chi connectivity index (χ2n) is 2.73. The fourth-order valence-electron chi connectivity index (χ4n) is 1.10. The Bertz CT molecular complexity index is 494. The Morgan fingerprint density at radius 2 is 2.36 bits per heavy atom. The van der Waals surface area contributed by atoms with Gasteiger partial charge in [-0.25, -0.2) is 9.67 Å².